The summed E-state index contributed by atoms with van der Waals surface area (Å²) in [6.45, 7) is 4.66. The number of rotatable bonds is 10. The van der Waals surface area contributed by atoms with Crippen molar-refractivity contribution in [2.24, 2.45) is 0 Å². The Morgan fingerprint density at radius 2 is 1.85 bits per heavy atom. The van der Waals surface area contributed by atoms with Gasteiger partial charge in [-0.1, -0.05) is 54.6 Å². The van der Waals surface area contributed by atoms with Crippen molar-refractivity contribution in [1.29, 1.82) is 0 Å². The second-order valence-corrected chi connectivity index (χ2v) is 9.68. The van der Waals surface area contributed by atoms with Crippen LogP contribution in [-0.4, -0.2) is 57.7 Å². The molecule has 3 heterocycles. The van der Waals surface area contributed by atoms with E-state index in [-0.39, 0.29) is 11.9 Å². The molecule has 8 heteroatoms. The van der Waals surface area contributed by atoms with Gasteiger partial charge in [0.2, 0.25) is 0 Å². The van der Waals surface area contributed by atoms with Gasteiger partial charge in [-0.25, -0.2) is 9.97 Å². The maximum Gasteiger partial charge on any atom is 0.252 e. The summed E-state index contributed by atoms with van der Waals surface area (Å²) in [7, 11) is 4.07. The molecule has 0 aliphatic carbocycles. The molecule has 1 amide bonds. The number of aromatic nitrogens is 4. The van der Waals surface area contributed by atoms with E-state index >= 15 is 0 Å². The highest BCUT2D eigenvalue weighted by Crippen LogP contribution is 2.27. The molecule has 5 aromatic rings. The van der Waals surface area contributed by atoms with Crippen LogP contribution < -0.4 is 10.6 Å². The van der Waals surface area contributed by atoms with E-state index in [1.165, 1.54) is 5.56 Å². The molecule has 0 radical (unpaired) electrons. The first kappa shape index (κ1) is 26.2. The molecule has 0 saturated heterocycles. The number of hydrogen-bond acceptors (Lipinski definition) is 6. The minimum absolute atomic E-state index is 0.160. The smallest absolute Gasteiger partial charge is 0.252 e. The number of nitrogens with one attached hydrogen (secondary N) is 2. The highest BCUT2D eigenvalue weighted by Gasteiger charge is 2.20. The van der Waals surface area contributed by atoms with Gasteiger partial charge in [0, 0.05) is 31.4 Å². The molecule has 0 bridgehead atoms. The van der Waals surface area contributed by atoms with Crippen LogP contribution in [0.4, 0.5) is 0 Å². The summed E-state index contributed by atoms with van der Waals surface area (Å²) >= 11 is 0. The second kappa shape index (κ2) is 12.0. The fraction of sp³-hybridized carbons (Fsp3) is 0.226. The van der Waals surface area contributed by atoms with E-state index < -0.39 is 0 Å². The van der Waals surface area contributed by atoms with E-state index in [0.717, 1.165) is 30.8 Å². The average molecular weight is 520 g/mol. The molecule has 0 saturated carbocycles. The van der Waals surface area contributed by atoms with Gasteiger partial charge in [-0.3, -0.25) is 4.79 Å². The molecular formula is C31H33N7O. The number of amides is 1. The SMILES string of the molecule is CNCCN(C)Cc1cccc(-c2cc(C(=O)N[C@@H](C)c3ccccc3)c3cnn(-c4ccccn4)c3n2)c1. The Balaban J connectivity index is 1.56. The number of fused-ring (bicyclic) bond motifs is 1. The molecule has 0 fully saturated rings. The van der Waals surface area contributed by atoms with Gasteiger partial charge in [0.05, 0.1) is 28.9 Å². The zero-order chi connectivity index (χ0) is 27.2. The first-order chi connectivity index (χ1) is 19.0. The van der Waals surface area contributed by atoms with E-state index in [9.17, 15) is 4.79 Å². The lowest BCUT2D eigenvalue weighted by molar-refractivity contribution is 0.0941. The van der Waals surface area contributed by atoms with Gasteiger partial charge in [-0.05, 0) is 56.4 Å². The molecule has 8 nitrogen and oxygen atoms in total. The Morgan fingerprint density at radius 1 is 1.03 bits per heavy atom. The standard InChI is InChI=1S/C31H33N7O/c1-22(24-11-5-4-6-12-24)35-31(39)26-19-28(25-13-9-10-23(18-25)21-37(3)17-16-32-2)36-30-27(26)20-34-38(30)29-14-7-8-15-33-29/h4-15,18-20,22,32H,16-17,21H2,1-3H3,(H,35,39)/t22-/m0/s1. The molecule has 0 unspecified atom stereocenters. The molecule has 198 valence electrons. The molecule has 0 aliphatic heterocycles. The predicted octanol–water partition coefficient (Wildman–Crippen LogP) is 4.62. The fourth-order valence-corrected chi connectivity index (χ4v) is 4.60. The molecular weight excluding hydrogens is 486 g/mol. The van der Waals surface area contributed by atoms with Gasteiger partial charge in [-0.2, -0.15) is 9.78 Å². The third kappa shape index (κ3) is 6.03. The molecule has 1 atom stereocenters. The zero-order valence-electron chi connectivity index (χ0n) is 22.5. The Bertz CT molecular complexity index is 1550. The van der Waals surface area contributed by atoms with E-state index in [2.05, 4.69) is 44.8 Å². The van der Waals surface area contributed by atoms with Crippen LogP contribution >= 0.6 is 0 Å². The van der Waals surface area contributed by atoms with Gasteiger partial charge < -0.3 is 15.5 Å². The van der Waals surface area contributed by atoms with E-state index in [0.29, 0.717) is 28.1 Å². The monoisotopic (exact) mass is 519 g/mol. The quantitative estimate of drug-likeness (QED) is 0.280. The maximum absolute atomic E-state index is 13.7. The number of pyridine rings is 2. The van der Waals surface area contributed by atoms with Gasteiger partial charge >= 0.3 is 0 Å². The van der Waals surface area contributed by atoms with Crippen LogP contribution in [0.3, 0.4) is 0 Å². The van der Waals surface area contributed by atoms with Crippen LogP contribution in [0.2, 0.25) is 0 Å². The summed E-state index contributed by atoms with van der Waals surface area (Å²) in [5.74, 6) is 0.463. The maximum atomic E-state index is 13.7. The first-order valence-corrected chi connectivity index (χ1v) is 13.1. The summed E-state index contributed by atoms with van der Waals surface area (Å²) in [4.78, 5) is 25.4. The third-order valence-corrected chi connectivity index (χ3v) is 6.72. The average Bonchev–Trinajstić information content (AvgIpc) is 3.40. The highest BCUT2D eigenvalue weighted by atomic mass is 16.1. The summed E-state index contributed by atoms with van der Waals surface area (Å²) in [6.07, 6.45) is 3.41. The van der Waals surface area contributed by atoms with Crippen LogP contribution in [0, 0.1) is 0 Å². The fourth-order valence-electron chi connectivity index (χ4n) is 4.60. The van der Waals surface area contributed by atoms with Crippen LogP contribution in [0.15, 0.2) is 91.3 Å². The summed E-state index contributed by atoms with van der Waals surface area (Å²) in [6, 6.07) is 25.6. The summed E-state index contributed by atoms with van der Waals surface area (Å²) < 4.78 is 1.69. The number of carbonyl (C=O) groups excluding carboxylic acids is 1. The molecule has 5 rings (SSSR count). The number of carbonyl (C=O) groups is 1. The molecule has 2 aromatic carbocycles. The molecule has 39 heavy (non-hydrogen) atoms. The van der Waals surface area contributed by atoms with Crippen molar-refractivity contribution >= 4 is 16.9 Å². The Kier molecular flexibility index (Phi) is 8.05. The first-order valence-electron chi connectivity index (χ1n) is 13.1. The van der Waals surface area contributed by atoms with Crippen molar-refractivity contribution in [3.8, 4) is 17.1 Å². The van der Waals surface area contributed by atoms with Crippen molar-refractivity contribution in [2.75, 3.05) is 27.2 Å². The van der Waals surface area contributed by atoms with Crippen molar-refractivity contribution in [2.45, 2.75) is 19.5 Å². The minimum Gasteiger partial charge on any atom is -0.345 e. The van der Waals surface area contributed by atoms with Gasteiger partial charge in [0.1, 0.15) is 0 Å². The topological polar surface area (TPSA) is 88.0 Å². The van der Waals surface area contributed by atoms with Crippen LogP contribution in [0.25, 0.3) is 28.1 Å². The van der Waals surface area contributed by atoms with Crippen molar-refractivity contribution in [3.63, 3.8) is 0 Å². The Morgan fingerprint density at radius 3 is 2.62 bits per heavy atom. The number of benzene rings is 2. The lowest BCUT2D eigenvalue weighted by Crippen LogP contribution is -2.27. The van der Waals surface area contributed by atoms with Crippen LogP contribution in [-0.2, 0) is 6.54 Å². The van der Waals surface area contributed by atoms with E-state index in [1.807, 2.05) is 80.7 Å². The van der Waals surface area contributed by atoms with Gasteiger partial charge in [0.15, 0.2) is 11.5 Å². The third-order valence-electron chi connectivity index (χ3n) is 6.72. The summed E-state index contributed by atoms with van der Waals surface area (Å²) in [5, 5.41) is 11.6. The Labute approximate surface area is 228 Å². The summed E-state index contributed by atoms with van der Waals surface area (Å²) in [5.41, 5.74) is 4.97. The number of likely N-dealkylation sites (N-methyl/N-ethyl adjacent to an activating group) is 2. The largest absolute Gasteiger partial charge is 0.345 e. The lowest BCUT2D eigenvalue weighted by atomic mass is 10.0. The van der Waals surface area contributed by atoms with Crippen molar-refractivity contribution in [1.82, 2.24) is 35.3 Å². The number of nitrogens with zero attached hydrogens (tertiary/aromatic N) is 5. The van der Waals surface area contributed by atoms with E-state index in [1.54, 1.807) is 17.1 Å². The predicted molar refractivity (Wildman–Crippen MR) is 155 cm³/mol. The minimum atomic E-state index is -0.177. The second-order valence-electron chi connectivity index (χ2n) is 9.68. The highest BCUT2D eigenvalue weighted by molar-refractivity contribution is 6.06. The zero-order valence-corrected chi connectivity index (χ0v) is 22.5. The lowest BCUT2D eigenvalue weighted by Gasteiger charge is -2.17. The molecule has 3 aromatic heterocycles. The van der Waals surface area contributed by atoms with Gasteiger partial charge in [0.25, 0.3) is 5.91 Å². The molecule has 0 spiro atoms. The van der Waals surface area contributed by atoms with Crippen LogP contribution in [0.5, 0.6) is 0 Å². The van der Waals surface area contributed by atoms with Crippen molar-refractivity contribution in [3.05, 3.63) is 108 Å². The molecule has 2 N–H and O–H groups in total. The van der Waals surface area contributed by atoms with Gasteiger partial charge in [-0.15, -0.1) is 0 Å². The number of hydrogen-bond donors (Lipinski definition) is 2. The molecule has 0 aliphatic rings. The van der Waals surface area contributed by atoms with E-state index in [4.69, 9.17) is 4.98 Å². The van der Waals surface area contributed by atoms with Crippen LogP contribution in [0.1, 0.15) is 34.5 Å². The normalized spacial score (nSPS) is 12.1. The van der Waals surface area contributed by atoms with Crippen molar-refractivity contribution < 1.29 is 4.79 Å². The Hall–Kier alpha value is -4.40.